The van der Waals surface area contributed by atoms with E-state index in [1.165, 1.54) is 5.56 Å². The number of likely N-dealkylation sites (tertiary alicyclic amines) is 1. The zero-order chi connectivity index (χ0) is 17.2. The topological polar surface area (TPSA) is 101 Å². The largest absolute Gasteiger partial charge is 0.368 e. The molecule has 5 N–H and O–H groups in total. The quantitative estimate of drug-likeness (QED) is 0.767. The average molecular weight is 330 g/mol. The van der Waals surface area contributed by atoms with Crippen LogP contribution in [0, 0.1) is 5.41 Å². The number of nitrogens with two attached hydrogens (primary N) is 2. The van der Waals surface area contributed by atoms with E-state index in [4.69, 9.17) is 11.5 Å². The summed E-state index contributed by atoms with van der Waals surface area (Å²) in [5, 5.41) is 3.37. The smallest absolute Gasteiger partial charge is 0.315 e. The van der Waals surface area contributed by atoms with E-state index in [-0.39, 0.29) is 11.5 Å². The van der Waals surface area contributed by atoms with Gasteiger partial charge >= 0.3 is 6.03 Å². The maximum absolute atomic E-state index is 12.1. The number of rotatable bonds is 4. The number of hydrogen-bond acceptors (Lipinski definition) is 3. The molecular formula is C18H26N4O2. The van der Waals surface area contributed by atoms with Gasteiger partial charge in [0.1, 0.15) is 6.04 Å². The van der Waals surface area contributed by atoms with E-state index >= 15 is 0 Å². The van der Waals surface area contributed by atoms with Crippen molar-refractivity contribution in [1.29, 1.82) is 0 Å². The van der Waals surface area contributed by atoms with Crippen LogP contribution >= 0.6 is 0 Å². The van der Waals surface area contributed by atoms with Crippen LogP contribution in [0.4, 0.5) is 4.79 Å². The van der Waals surface area contributed by atoms with Crippen molar-refractivity contribution in [1.82, 2.24) is 10.2 Å². The zero-order valence-corrected chi connectivity index (χ0v) is 13.9. The summed E-state index contributed by atoms with van der Waals surface area (Å²) >= 11 is 0. The molecule has 6 nitrogen and oxygen atoms in total. The highest BCUT2D eigenvalue weighted by atomic mass is 16.2. The molecule has 6 heteroatoms. The molecule has 2 unspecified atom stereocenters. The predicted molar refractivity (Wildman–Crippen MR) is 92.1 cm³/mol. The van der Waals surface area contributed by atoms with Gasteiger partial charge in [-0.15, -0.1) is 0 Å². The van der Waals surface area contributed by atoms with E-state index in [9.17, 15) is 9.59 Å². The van der Waals surface area contributed by atoms with Crippen molar-refractivity contribution in [3.8, 4) is 0 Å². The van der Waals surface area contributed by atoms with E-state index in [2.05, 4.69) is 17.4 Å². The maximum atomic E-state index is 12.1. The fraction of sp³-hybridized carbons (Fsp3) is 0.556. The van der Waals surface area contributed by atoms with Crippen LogP contribution in [0.5, 0.6) is 0 Å². The van der Waals surface area contributed by atoms with Gasteiger partial charge in [-0.1, -0.05) is 30.3 Å². The third-order valence-electron chi connectivity index (χ3n) is 5.71. The van der Waals surface area contributed by atoms with Gasteiger partial charge in [0.15, 0.2) is 0 Å². The van der Waals surface area contributed by atoms with Crippen LogP contribution in [0.1, 0.15) is 31.2 Å². The first kappa shape index (κ1) is 16.8. The number of carbonyl (C=O) groups is 2. The van der Waals surface area contributed by atoms with Crippen molar-refractivity contribution in [2.24, 2.45) is 16.9 Å². The fourth-order valence-corrected chi connectivity index (χ4v) is 4.53. The van der Waals surface area contributed by atoms with E-state index in [0.29, 0.717) is 6.42 Å². The molecule has 3 amide bonds. The Bertz CT molecular complexity index is 598. The van der Waals surface area contributed by atoms with E-state index in [1.807, 2.05) is 18.2 Å². The number of urea groups is 1. The third kappa shape index (κ3) is 3.11. The van der Waals surface area contributed by atoms with Gasteiger partial charge < -0.3 is 21.7 Å². The summed E-state index contributed by atoms with van der Waals surface area (Å²) in [6, 6.07) is 9.05. The molecular weight excluding hydrogens is 304 g/mol. The molecule has 0 bridgehead atoms. The van der Waals surface area contributed by atoms with Gasteiger partial charge in [0.25, 0.3) is 0 Å². The standard InChI is InChI=1S/C18H26N4O2/c19-16(23)14-12-18(8-10-21-11-9-18)15(22(14)17(20)24)7-6-13-4-2-1-3-5-13/h1-5,14-15,21H,6-12H2,(H2,19,23)(H2,20,24). The first-order valence-corrected chi connectivity index (χ1v) is 8.65. The van der Waals surface area contributed by atoms with Crippen LogP contribution in [0.3, 0.4) is 0 Å². The minimum absolute atomic E-state index is 0.0326. The Morgan fingerprint density at radius 1 is 1.17 bits per heavy atom. The first-order valence-electron chi connectivity index (χ1n) is 8.65. The third-order valence-corrected chi connectivity index (χ3v) is 5.71. The molecule has 2 fully saturated rings. The van der Waals surface area contributed by atoms with Crippen molar-refractivity contribution >= 4 is 11.9 Å². The molecule has 2 heterocycles. The van der Waals surface area contributed by atoms with Crippen molar-refractivity contribution in [3.63, 3.8) is 0 Å². The number of hydrogen-bond donors (Lipinski definition) is 3. The minimum Gasteiger partial charge on any atom is -0.368 e. The maximum Gasteiger partial charge on any atom is 0.315 e. The van der Waals surface area contributed by atoms with Crippen LogP contribution in [0.25, 0.3) is 0 Å². The number of nitrogens with one attached hydrogen (secondary N) is 1. The Morgan fingerprint density at radius 2 is 1.83 bits per heavy atom. The molecule has 1 aromatic carbocycles. The molecule has 2 aliphatic rings. The molecule has 0 aromatic heterocycles. The molecule has 130 valence electrons. The second kappa shape index (κ2) is 6.81. The van der Waals surface area contributed by atoms with Gasteiger partial charge in [-0.3, -0.25) is 4.79 Å². The van der Waals surface area contributed by atoms with Crippen molar-refractivity contribution < 1.29 is 9.59 Å². The number of aryl methyl sites for hydroxylation is 1. The Morgan fingerprint density at radius 3 is 2.42 bits per heavy atom. The second-order valence-corrected chi connectivity index (χ2v) is 7.02. The lowest BCUT2D eigenvalue weighted by atomic mass is 9.70. The van der Waals surface area contributed by atoms with E-state index in [0.717, 1.165) is 38.8 Å². The average Bonchev–Trinajstić information content (AvgIpc) is 2.89. The summed E-state index contributed by atoms with van der Waals surface area (Å²) in [6.45, 7) is 1.81. The van der Waals surface area contributed by atoms with E-state index in [1.54, 1.807) is 4.90 Å². The van der Waals surface area contributed by atoms with Gasteiger partial charge in [-0.05, 0) is 56.2 Å². The number of carbonyl (C=O) groups excluding carboxylic acids is 2. The monoisotopic (exact) mass is 330 g/mol. The summed E-state index contributed by atoms with van der Waals surface area (Å²) in [6.07, 6.45) is 4.18. The molecule has 24 heavy (non-hydrogen) atoms. The summed E-state index contributed by atoms with van der Waals surface area (Å²) in [5.41, 5.74) is 12.4. The van der Waals surface area contributed by atoms with Crippen LogP contribution in [0.2, 0.25) is 0 Å². The summed E-state index contributed by atoms with van der Waals surface area (Å²) < 4.78 is 0. The van der Waals surface area contributed by atoms with Crippen LogP contribution < -0.4 is 16.8 Å². The van der Waals surface area contributed by atoms with E-state index < -0.39 is 18.0 Å². The normalized spacial score (nSPS) is 25.8. The summed E-state index contributed by atoms with van der Waals surface area (Å²) in [5.74, 6) is -0.450. The second-order valence-electron chi connectivity index (χ2n) is 7.02. The SMILES string of the molecule is NC(=O)C1CC2(CCNCC2)C(CCc2ccccc2)N1C(N)=O. The van der Waals surface area contributed by atoms with Gasteiger partial charge in [0, 0.05) is 6.04 Å². The highest BCUT2D eigenvalue weighted by Crippen LogP contribution is 2.48. The fourth-order valence-electron chi connectivity index (χ4n) is 4.53. The Labute approximate surface area is 142 Å². The number of piperidine rings is 1. The lowest BCUT2D eigenvalue weighted by Gasteiger charge is -2.41. The molecule has 3 rings (SSSR count). The molecule has 0 aliphatic carbocycles. The molecule has 2 saturated heterocycles. The first-order chi connectivity index (χ1) is 11.5. The van der Waals surface area contributed by atoms with Crippen molar-refractivity contribution in [2.45, 2.75) is 44.2 Å². The Kier molecular flexibility index (Phi) is 4.76. The van der Waals surface area contributed by atoms with Gasteiger partial charge in [-0.2, -0.15) is 0 Å². The Balaban J connectivity index is 1.86. The molecule has 0 saturated carbocycles. The van der Waals surface area contributed by atoms with Crippen LogP contribution in [0.15, 0.2) is 30.3 Å². The highest BCUT2D eigenvalue weighted by Gasteiger charge is 2.54. The lowest BCUT2D eigenvalue weighted by Crippen LogP contribution is -2.52. The van der Waals surface area contributed by atoms with Crippen LogP contribution in [-0.2, 0) is 11.2 Å². The van der Waals surface area contributed by atoms with Crippen molar-refractivity contribution in [3.05, 3.63) is 35.9 Å². The molecule has 2 atom stereocenters. The summed E-state index contributed by atoms with van der Waals surface area (Å²) in [7, 11) is 0. The number of primary amides is 2. The lowest BCUT2D eigenvalue weighted by molar-refractivity contribution is -0.121. The van der Waals surface area contributed by atoms with Crippen molar-refractivity contribution in [2.75, 3.05) is 13.1 Å². The highest BCUT2D eigenvalue weighted by molar-refractivity contribution is 5.86. The molecule has 1 aromatic rings. The predicted octanol–water partition coefficient (Wildman–Crippen LogP) is 0.996. The number of amides is 3. The zero-order valence-electron chi connectivity index (χ0n) is 13.9. The Hall–Kier alpha value is -2.08. The molecule has 0 radical (unpaired) electrons. The van der Waals surface area contributed by atoms with Crippen LogP contribution in [-0.4, -0.2) is 42.0 Å². The van der Waals surface area contributed by atoms with Gasteiger partial charge in [0.05, 0.1) is 0 Å². The molecule has 1 spiro atoms. The number of nitrogens with zero attached hydrogens (tertiary/aromatic N) is 1. The minimum atomic E-state index is -0.582. The number of benzene rings is 1. The van der Waals surface area contributed by atoms with Gasteiger partial charge in [-0.25, -0.2) is 4.79 Å². The summed E-state index contributed by atoms with van der Waals surface area (Å²) in [4.78, 5) is 25.6. The van der Waals surface area contributed by atoms with Gasteiger partial charge in [0.2, 0.25) is 5.91 Å². The molecule has 2 aliphatic heterocycles.